The molecule has 0 aliphatic carbocycles. The van der Waals surface area contributed by atoms with Crippen LogP contribution in [0, 0.1) is 11.3 Å². The van der Waals surface area contributed by atoms with Crippen molar-refractivity contribution in [1.82, 2.24) is 4.98 Å². The second-order valence-corrected chi connectivity index (χ2v) is 5.43. The summed E-state index contributed by atoms with van der Waals surface area (Å²) >= 11 is 8.69. The molecule has 102 valence electrons. The van der Waals surface area contributed by atoms with Crippen LogP contribution >= 0.6 is 35.1 Å². The zero-order valence-electron chi connectivity index (χ0n) is 10.8. The molecule has 0 amide bonds. The van der Waals surface area contributed by atoms with Crippen LogP contribution in [0.15, 0.2) is 10.2 Å². The minimum atomic E-state index is -0.340. The largest absolute Gasteiger partial charge is 0.465 e. The van der Waals surface area contributed by atoms with Gasteiger partial charge in [0.1, 0.15) is 6.07 Å². The number of rotatable bonds is 5. The molecule has 0 spiro atoms. The smallest absolute Gasteiger partial charge is 0.361 e. The molecule has 1 aromatic heterocycles. The lowest BCUT2D eigenvalue weighted by Crippen LogP contribution is -2.35. The minimum Gasteiger partial charge on any atom is -0.465 e. The molecule has 0 unspecified atom stereocenters. The van der Waals surface area contributed by atoms with Crippen molar-refractivity contribution in [2.24, 2.45) is 7.05 Å². The molecule has 0 aliphatic heterocycles. The van der Waals surface area contributed by atoms with Gasteiger partial charge < -0.3 is 4.74 Å². The van der Waals surface area contributed by atoms with Crippen molar-refractivity contribution in [1.29, 1.82) is 5.26 Å². The first kappa shape index (κ1) is 16.1. The van der Waals surface area contributed by atoms with Gasteiger partial charge in [0.25, 0.3) is 0 Å². The van der Waals surface area contributed by atoms with Gasteiger partial charge in [-0.25, -0.2) is 4.57 Å². The Hall–Kier alpha value is -0.970. The number of carbonyl (C=O) groups excluding carboxylic acids is 1. The van der Waals surface area contributed by atoms with Crippen LogP contribution in [0.4, 0.5) is 0 Å². The molecule has 5 nitrogen and oxygen atoms in total. The summed E-state index contributed by atoms with van der Waals surface area (Å²) in [6, 6.07) is 2.01. The van der Waals surface area contributed by atoms with Gasteiger partial charge in [0.05, 0.1) is 19.4 Å². The number of hydrogen-bond acceptors (Lipinski definition) is 6. The molecule has 8 heteroatoms. The number of thioether (sulfide) groups is 2. The van der Waals surface area contributed by atoms with Gasteiger partial charge in [0.2, 0.25) is 10.2 Å². The molecule has 0 atom stereocenters. The van der Waals surface area contributed by atoms with Gasteiger partial charge in [0.15, 0.2) is 5.56 Å². The molecule has 0 fully saturated rings. The molecule has 1 heterocycles. The van der Waals surface area contributed by atoms with E-state index in [-0.39, 0.29) is 17.3 Å². The normalized spacial score (nSPS) is 10.1. The molecule has 0 bridgehead atoms. The first-order valence-corrected chi connectivity index (χ1v) is 7.96. The van der Waals surface area contributed by atoms with E-state index in [4.69, 9.17) is 21.6 Å². The summed E-state index contributed by atoms with van der Waals surface area (Å²) in [7, 11) is 1.74. The first-order chi connectivity index (χ1) is 9.04. The van der Waals surface area contributed by atoms with E-state index in [1.807, 2.05) is 12.3 Å². The number of nitriles is 1. The standard InChI is InChI=1S/C11H13ClN3O2S2/c1-4-17-8(16)6-19-10-7(5-13)9(12)15(2)11(14-10)18-3/h4,6H2,1-3H3/q+1. The second-order valence-electron chi connectivity index (χ2n) is 3.33. The summed E-state index contributed by atoms with van der Waals surface area (Å²) in [4.78, 5) is 15.7. The Morgan fingerprint density at radius 2 is 2.32 bits per heavy atom. The number of halogens is 1. The van der Waals surface area contributed by atoms with Crippen molar-refractivity contribution in [2.75, 3.05) is 18.6 Å². The minimum absolute atomic E-state index is 0.105. The topological polar surface area (TPSA) is 66.9 Å². The van der Waals surface area contributed by atoms with Crippen molar-refractivity contribution < 1.29 is 14.1 Å². The molecule has 0 aliphatic rings. The van der Waals surface area contributed by atoms with E-state index in [2.05, 4.69) is 4.98 Å². The monoisotopic (exact) mass is 318 g/mol. The van der Waals surface area contributed by atoms with Gasteiger partial charge in [-0.1, -0.05) is 11.8 Å². The average Bonchev–Trinajstić information content (AvgIpc) is 2.40. The van der Waals surface area contributed by atoms with Crippen LogP contribution in [-0.4, -0.2) is 29.6 Å². The molecule has 0 radical (unpaired) electrons. The maximum absolute atomic E-state index is 11.3. The summed E-state index contributed by atoms with van der Waals surface area (Å²) in [6.07, 6.45) is 1.87. The van der Waals surface area contributed by atoms with E-state index in [1.165, 1.54) is 11.8 Å². The zero-order chi connectivity index (χ0) is 14.4. The quantitative estimate of drug-likeness (QED) is 0.271. The molecule has 0 saturated heterocycles. The summed E-state index contributed by atoms with van der Waals surface area (Å²) < 4.78 is 6.47. The van der Waals surface area contributed by atoms with Gasteiger partial charge in [0, 0.05) is 0 Å². The van der Waals surface area contributed by atoms with Crippen LogP contribution in [0.25, 0.3) is 0 Å². The number of aromatic nitrogens is 2. The van der Waals surface area contributed by atoms with Crippen molar-refractivity contribution in [2.45, 2.75) is 17.1 Å². The SMILES string of the molecule is CCOC(=O)CSc1nc(SC)[n+](C)c(Cl)c1C#N. The highest BCUT2D eigenvalue weighted by Gasteiger charge is 2.24. The molecule has 0 aromatic carbocycles. The van der Waals surface area contributed by atoms with E-state index in [1.54, 1.807) is 18.5 Å². The zero-order valence-corrected chi connectivity index (χ0v) is 13.2. The Morgan fingerprint density at radius 3 is 2.84 bits per heavy atom. The lowest BCUT2D eigenvalue weighted by molar-refractivity contribution is -0.711. The maximum atomic E-state index is 11.3. The van der Waals surface area contributed by atoms with Crippen molar-refractivity contribution >= 4 is 41.1 Å². The molecular formula is C11H13ClN3O2S2+. The van der Waals surface area contributed by atoms with E-state index in [9.17, 15) is 4.79 Å². The van der Waals surface area contributed by atoms with Gasteiger partial charge >= 0.3 is 11.1 Å². The van der Waals surface area contributed by atoms with Gasteiger partial charge in [-0.05, 0) is 41.5 Å². The Labute approximate surface area is 125 Å². The van der Waals surface area contributed by atoms with Crippen molar-refractivity contribution in [3.8, 4) is 6.07 Å². The number of ether oxygens (including phenoxy) is 1. The lowest BCUT2D eigenvalue weighted by atomic mass is 10.4. The molecule has 0 saturated carbocycles. The van der Waals surface area contributed by atoms with Crippen LogP contribution in [0.3, 0.4) is 0 Å². The Kier molecular flexibility index (Phi) is 6.42. The third-order valence-electron chi connectivity index (χ3n) is 2.13. The van der Waals surface area contributed by atoms with E-state index in [0.717, 1.165) is 11.8 Å². The number of hydrogen-bond donors (Lipinski definition) is 0. The fourth-order valence-corrected chi connectivity index (χ4v) is 2.97. The third-order valence-corrected chi connectivity index (χ3v) is 4.25. The summed E-state index contributed by atoms with van der Waals surface area (Å²) in [6.45, 7) is 2.07. The summed E-state index contributed by atoms with van der Waals surface area (Å²) in [5, 5.41) is 10.6. The van der Waals surface area contributed by atoms with Crippen LogP contribution in [0.2, 0.25) is 5.15 Å². The third kappa shape index (κ3) is 4.00. The van der Waals surface area contributed by atoms with Gasteiger partial charge in [-0.3, -0.25) is 4.79 Å². The molecule has 19 heavy (non-hydrogen) atoms. The van der Waals surface area contributed by atoms with Crippen LogP contribution in [0.5, 0.6) is 0 Å². The highest BCUT2D eigenvalue weighted by atomic mass is 35.5. The molecule has 0 N–H and O–H groups in total. The highest BCUT2D eigenvalue weighted by Crippen LogP contribution is 2.26. The summed E-state index contributed by atoms with van der Waals surface area (Å²) in [5.74, 6) is -0.235. The highest BCUT2D eigenvalue weighted by molar-refractivity contribution is 8.00. The Balaban J connectivity index is 3.03. The number of carbonyl (C=O) groups is 1. The fourth-order valence-electron chi connectivity index (χ4n) is 1.27. The molecule has 1 rings (SSSR count). The van der Waals surface area contributed by atoms with E-state index < -0.39 is 0 Å². The fraction of sp³-hybridized carbons (Fsp3) is 0.455. The number of nitrogens with zero attached hydrogens (tertiary/aromatic N) is 3. The molecular weight excluding hydrogens is 306 g/mol. The predicted octanol–water partition coefficient (Wildman–Crippen LogP) is 1.81. The van der Waals surface area contributed by atoms with Crippen molar-refractivity contribution in [3.05, 3.63) is 10.7 Å². The second kappa shape index (κ2) is 7.58. The Morgan fingerprint density at radius 1 is 1.63 bits per heavy atom. The maximum Gasteiger partial charge on any atom is 0.361 e. The average molecular weight is 319 g/mol. The number of esters is 1. The van der Waals surface area contributed by atoms with Crippen LogP contribution in [0.1, 0.15) is 12.5 Å². The van der Waals surface area contributed by atoms with Crippen LogP contribution < -0.4 is 4.57 Å². The van der Waals surface area contributed by atoms with Crippen LogP contribution in [-0.2, 0) is 16.6 Å². The Bertz CT molecular complexity index is 532. The molecule has 1 aromatic rings. The van der Waals surface area contributed by atoms with Gasteiger partial charge in [-0.2, -0.15) is 5.26 Å². The van der Waals surface area contributed by atoms with E-state index >= 15 is 0 Å². The first-order valence-electron chi connectivity index (χ1n) is 5.37. The summed E-state index contributed by atoms with van der Waals surface area (Å²) in [5.41, 5.74) is 0.274. The van der Waals surface area contributed by atoms with Crippen molar-refractivity contribution in [3.63, 3.8) is 0 Å². The lowest BCUT2D eigenvalue weighted by Gasteiger charge is -2.04. The predicted molar refractivity (Wildman–Crippen MR) is 74.3 cm³/mol. The van der Waals surface area contributed by atoms with Gasteiger partial charge in [-0.15, -0.1) is 0 Å². The van der Waals surface area contributed by atoms with E-state index in [0.29, 0.717) is 21.9 Å².